The number of hydrogen-bond acceptors (Lipinski definition) is 4. The van der Waals surface area contributed by atoms with Crippen LogP contribution in [0.2, 0.25) is 0 Å². The molecule has 192 valence electrons. The molecule has 2 aromatic rings. The molecule has 0 radical (unpaired) electrons. The summed E-state index contributed by atoms with van der Waals surface area (Å²) in [6.07, 6.45) is 9.20. The van der Waals surface area contributed by atoms with Crippen LogP contribution in [0.1, 0.15) is 78.0 Å². The Morgan fingerprint density at radius 1 is 1.25 bits per heavy atom. The van der Waals surface area contributed by atoms with Gasteiger partial charge in [-0.1, -0.05) is 46.3 Å². The molecule has 0 saturated heterocycles. The number of hydrogen-bond donors (Lipinski definition) is 2. The minimum Gasteiger partial charge on any atom is -0.508 e. The number of nitrogens with zero attached hydrogens (tertiary/aromatic N) is 2. The first-order valence-corrected chi connectivity index (χ1v) is 13.8. The van der Waals surface area contributed by atoms with Crippen molar-refractivity contribution >= 4 is 11.9 Å². The summed E-state index contributed by atoms with van der Waals surface area (Å²) < 4.78 is 1.93. The van der Waals surface area contributed by atoms with E-state index in [1.807, 2.05) is 29.9 Å². The second kappa shape index (κ2) is 7.80. The maximum Gasteiger partial charge on any atom is 0.139 e. The summed E-state index contributed by atoms with van der Waals surface area (Å²) >= 11 is 0. The van der Waals surface area contributed by atoms with Crippen molar-refractivity contribution in [3.63, 3.8) is 0 Å². The van der Waals surface area contributed by atoms with Gasteiger partial charge in [-0.3, -0.25) is 4.79 Å². The predicted molar refractivity (Wildman–Crippen MR) is 141 cm³/mol. The molecule has 5 heteroatoms. The number of carbonyl (C=O) groups excluding carboxylic acids is 1. The highest BCUT2D eigenvalue weighted by atomic mass is 16.3. The molecule has 0 unspecified atom stereocenters. The highest BCUT2D eigenvalue weighted by Crippen LogP contribution is 2.71. The van der Waals surface area contributed by atoms with E-state index in [4.69, 9.17) is 5.10 Å². The number of allylic oxidation sites excluding steroid dienone is 1. The summed E-state index contributed by atoms with van der Waals surface area (Å²) in [6.45, 7) is 11.2. The first kappa shape index (κ1) is 24.0. The molecule has 3 fully saturated rings. The van der Waals surface area contributed by atoms with Crippen LogP contribution in [-0.2, 0) is 11.2 Å². The van der Waals surface area contributed by atoms with Crippen LogP contribution in [0.4, 0.5) is 0 Å². The number of phenols is 1. The number of benzene rings is 1. The molecule has 1 aromatic heterocycles. The van der Waals surface area contributed by atoms with Crippen molar-refractivity contribution < 1.29 is 15.0 Å². The second-order valence-corrected chi connectivity index (χ2v) is 12.9. The molecule has 1 aromatic carbocycles. The smallest absolute Gasteiger partial charge is 0.139 e. The number of phenolic OH excluding ortho intramolecular Hbond substituents is 1. The summed E-state index contributed by atoms with van der Waals surface area (Å²) in [5.41, 5.74) is 3.95. The van der Waals surface area contributed by atoms with Gasteiger partial charge in [-0.05, 0) is 90.4 Å². The van der Waals surface area contributed by atoms with E-state index in [-0.39, 0.29) is 27.9 Å². The lowest BCUT2D eigenvalue weighted by Crippen LogP contribution is -2.59. The lowest BCUT2D eigenvalue weighted by molar-refractivity contribution is -0.158. The van der Waals surface area contributed by atoms with Crippen LogP contribution in [0, 0.1) is 39.9 Å². The maximum atomic E-state index is 13.3. The Balaban J connectivity index is 1.38. The molecule has 4 aliphatic carbocycles. The zero-order chi connectivity index (χ0) is 25.6. The van der Waals surface area contributed by atoms with Gasteiger partial charge >= 0.3 is 0 Å². The number of ketones is 1. The Morgan fingerprint density at radius 2 is 2.03 bits per heavy atom. The van der Waals surface area contributed by atoms with Gasteiger partial charge < -0.3 is 10.2 Å². The fourth-order valence-electron chi connectivity index (χ4n) is 9.53. The van der Waals surface area contributed by atoms with Gasteiger partial charge in [0.1, 0.15) is 11.5 Å². The van der Waals surface area contributed by atoms with Crippen LogP contribution in [0.15, 0.2) is 36.0 Å². The Labute approximate surface area is 214 Å². The molecule has 4 aliphatic rings. The van der Waals surface area contributed by atoms with Crippen molar-refractivity contribution in [1.29, 1.82) is 0 Å². The van der Waals surface area contributed by atoms with Gasteiger partial charge in [-0.2, -0.15) is 5.10 Å². The van der Waals surface area contributed by atoms with Gasteiger partial charge in [0.15, 0.2) is 0 Å². The molecule has 2 N–H and O–H groups in total. The van der Waals surface area contributed by atoms with Gasteiger partial charge in [-0.15, -0.1) is 0 Å². The number of fused-ring (bicyclic) bond motifs is 6. The Morgan fingerprint density at radius 3 is 2.75 bits per heavy atom. The van der Waals surface area contributed by atoms with Crippen LogP contribution < -0.4 is 0 Å². The quantitative estimate of drug-likeness (QED) is 0.559. The molecule has 36 heavy (non-hydrogen) atoms. The average Bonchev–Trinajstić information content (AvgIpc) is 3.33. The molecule has 0 bridgehead atoms. The van der Waals surface area contributed by atoms with E-state index in [0.29, 0.717) is 36.4 Å². The highest BCUT2D eigenvalue weighted by Gasteiger charge is 2.68. The Bertz CT molecular complexity index is 1260. The molecular weight excluding hydrogens is 448 g/mol. The third-order valence-corrected chi connectivity index (χ3v) is 11.6. The monoisotopic (exact) mass is 488 g/mol. The number of aromatic nitrogens is 2. The van der Waals surface area contributed by atoms with E-state index in [0.717, 1.165) is 37.1 Å². The standard InChI is InChI=1S/C31H40N2O3/c1-6-27(36)31(5)18(2)12-24-23-11-10-20-13-25-19(17-32-33(25)21-8-7-9-22(34)14-21)15-29(20,3)28(23)26(35)16-30(24,31)4/h7-9,13-14,17-18,23-24,26,28,34-35H,6,10-12,15-16H2,1-5H3/t18-,23+,24+,26+,28-,29+,30+,31-/m1/s1. The van der Waals surface area contributed by atoms with Crippen molar-refractivity contribution in [3.05, 3.63) is 47.3 Å². The summed E-state index contributed by atoms with van der Waals surface area (Å²) in [4.78, 5) is 13.3. The summed E-state index contributed by atoms with van der Waals surface area (Å²) in [5, 5.41) is 26.6. The molecule has 6 rings (SSSR count). The number of aromatic hydroxyl groups is 1. The molecule has 0 aliphatic heterocycles. The fourth-order valence-corrected chi connectivity index (χ4v) is 9.53. The number of rotatable bonds is 3. The van der Waals surface area contributed by atoms with E-state index >= 15 is 0 Å². The molecular formula is C31H40N2O3. The van der Waals surface area contributed by atoms with Crippen LogP contribution in [0.3, 0.4) is 0 Å². The van der Waals surface area contributed by atoms with Crippen molar-refractivity contribution in [2.75, 3.05) is 0 Å². The predicted octanol–water partition coefficient (Wildman–Crippen LogP) is 5.96. The molecule has 1 heterocycles. The van der Waals surface area contributed by atoms with Gasteiger partial charge in [0.2, 0.25) is 0 Å². The SMILES string of the molecule is CCC(=O)[C@@]1(C)[C@H](C)C[C@H]2[C@@H]3CCC4=Cc5c(cnn5-c5cccc(O)c5)C[C@]4(C)[C@H]3[C@@H](O)C[C@@]21C. The first-order chi connectivity index (χ1) is 17.0. The van der Waals surface area contributed by atoms with E-state index in [1.54, 1.807) is 12.1 Å². The maximum absolute atomic E-state index is 13.3. The molecule has 8 atom stereocenters. The van der Waals surface area contributed by atoms with Crippen LogP contribution in [-0.4, -0.2) is 31.9 Å². The fraction of sp³-hybridized carbons (Fsp3) is 0.613. The van der Waals surface area contributed by atoms with Gasteiger partial charge in [0, 0.05) is 17.9 Å². The molecule has 5 nitrogen and oxygen atoms in total. The van der Waals surface area contributed by atoms with E-state index in [2.05, 4.69) is 33.8 Å². The van der Waals surface area contributed by atoms with Crippen molar-refractivity contribution in [3.8, 4) is 11.4 Å². The van der Waals surface area contributed by atoms with Crippen molar-refractivity contribution in [2.45, 2.75) is 79.2 Å². The van der Waals surface area contributed by atoms with Crippen molar-refractivity contribution in [1.82, 2.24) is 9.78 Å². The topological polar surface area (TPSA) is 75.4 Å². The van der Waals surface area contributed by atoms with Crippen LogP contribution in [0.25, 0.3) is 11.8 Å². The molecule has 3 saturated carbocycles. The second-order valence-electron chi connectivity index (χ2n) is 12.9. The number of carbonyl (C=O) groups is 1. The van der Waals surface area contributed by atoms with Crippen LogP contribution in [0.5, 0.6) is 5.75 Å². The minimum absolute atomic E-state index is 0.111. The Kier molecular flexibility index (Phi) is 5.19. The third-order valence-electron chi connectivity index (χ3n) is 11.6. The third kappa shape index (κ3) is 2.92. The van der Waals surface area contributed by atoms with Crippen molar-refractivity contribution in [2.24, 2.45) is 39.9 Å². The molecule has 0 spiro atoms. The zero-order valence-electron chi connectivity index (χ0n) is 22.3. The van der Waals surface area contributed by atoms with E-state index in [9.17, 15) is 15.0 Å². The number of aliphatic hydroxyl groups is 1. The molecule has 0 amide bonds. The summed E-state index contributed by atoms with van der Waals surface area (Å²) in [5.74, 6) is 2.04. The van der Waals surface area contributed by atoms with E-state index < -0.39 is 6.10 Å². The van der Waals surface area contributed by atoms with Gasteiger partial charge in [-0.25, -0.2) is 4.68 Å². The normalized spacial score (nSPS) is 41.1. The summed E-state index contributed by atoms with van der Waals surface area (Å²) in [6, 6.07) is 7.24. The van der Waals surface area contributed by atoms with Gasteiger partial charge in [0.25, 0.3) is 0 Å². The first-order valence-electron chi connectivity index (χ1n) is 13.8. The lowest BCUT2D eigenvalue weighted by atomic mass is 9.44. The summed E-state index contributed by atoms with van der Waals surface area (Å²) in [7, 11) is 0. The zero-order valence-corrected chi connectivity index (χ0v) is 22.3. The highest BCUT2D eigenvalue weighted by molar-refractivity contribution is 5.86. The van der Waals surface area contributed by atoms with Gasteiger partial charge in [0.05, 0.1) is 23.7 Å². The number of aliphatic hydroxyl groups excluding tert-OH is 1. The minimum atomic E-state index is -0.415. The number of Topliss-reactive ketones (excluding diaryl/α,β-unsaturated/α-hetero) is 1. The van der Waals surface area contributed by atoms with Crippen LogP contribution >= 0.6 is 0 Å². The average molecular weight is 489 g/mol. The van der Waals surface area contributed by atoms with E-state index in [1.165, 1.54) is 11.1 Å². The Hall–Kier alpha value is -2.40. The largest absolute Gasteiger partial charge is 0.508 e. The lowest BCUT2D eigenvalue weighted by Gasteiger charge is -2.61.